The Morgan fingerprint density at radius 2 is 1.24 bits per heavy atom. The van der Waals surface area contributed by atoms with Crippen LogP contribution in [0.3, 0.4) is 0 Å². The number of hydrogen-bond donors (Lipinski definition) is 0. The van der Waals surface area contributed by atoms with Gasteiger partial charge >= 0.3 is 5.97 Å². The summed E-state index contributed by atoms with van der Waals surface area (Å²) in [6.45, 7) is 2.05. The number of unbranched alkanes of at least 4 members (excludes halogenated alkanes) is 9. The largest absolute Gasteiger partial charge is 0.466 e. The van der Waals surface area contributed by atoms with Crippen LogP contribution in [0.4, 0.5) is 0 Å². The van der Waals surface area contributed by atoms with E-state index in [1.54, 1.807) is 0 Å². The molecule has 0 amide bonds. The Morgan fingerprint density at radius 1 is 0.824 bits per heavy atom. The van der Waals surface area contributed by atoms with Gasteiger partial charge in [0.2, 0.25) is 0 Å². The zero-order chi connectivity index (χ0) is 12.8. The first-order valence-electron chi connectivity index (χ1n) is 6.96. The zero-order valence-electron chi connectivity index (χ0n) is 11.2. The lowest BCUT2D eigenvalue weighted by Crippen LogP contribution is -2.00. The highest BCUT2D eigenvalue weighted by Gasteiger charge is 1.94. The average molecular weight is 263 g/mol. The maximum Gasteiger partial charge on any atom is 0.302 e. The maximum absolute atomic E-state index is 10.5. The summed E-state index contributed by atoms with van der Waals surface area (Å²) in [7, 11) is 0. The van der Waals surface area contributed by atoms with Crippen LogP contribution in [0.15, 0.2) is 0 Å². The van der Waals surface area contributed by atoms with Crippen molar-refractivity contribution in [3.8, 4) is 0 Å². The molecule has 0 N–H and O–H groups in total. The van der Waals surface area contributed by atoms with Crippen LogP contribution in [0, 0.1) is 0 Å². The zero-order valence-corrected chi connectivity index (χ0v) is 11.9. The smallest absolute Gasteiger partial charge is 0.302 e. The van der Waals surface area contributed by atoms with E-state index >= 15 is 0 Å². The van der Waals surface area contributed by atoms with Gasteiger partial charge in [0.25, 0.3) is 0 Å². The normalized spacial score (nSPS) is 10.5. The van der Waals surface area contributed by atoms with Crippen LogP contribution < -0.4 is 0 Å². The molecule has 0 saturated carbocycles. The van der Waals surface area contributed by atoms with Crippen molar-refractivity contribution in [3.05, 3.63) is 0 Å². The van der Waals surface area contributed by atoms with Crippen LogP contribution in [-0.4, -0.2) is 18.5 Å². The number of hydrogen-bond acceptors (Lipinski definition) is 2. The Morgan fingerprint density at radius 3 is 1.65 bits per heavy atom. The van der Waals surface area contributed by atoms with E-state index < -0.39 is 0 Å². The van der Waals surface area contributed by atoms with Crippen LogP contribution in [-0.2, 0) is 9.53 Å². The van der Waals surface area contributed by atoms with E-state index in [1.807, 2.05) is 0 Å². The minimum atomic E-state index is -0.165. The number of rotatable bonds is 12. The first-order chi connectivity index (χ1) is 8.27. The number of carbonyl (C=O) groups excluding carboxylic acids is 1. The fourth-order valence-electron chi connectivity index (χ4n) is 1.83. The third-order valence-electron chi connectivity index (χ3n) is 2.83. The summed E-state index contributed by atoms with van der Waals surface area (Å²) in [4.78, 5) is 10.5. The Balaban J connectivity index is 2.91. The molecule has 0 atom stereocenters. The molecule has 102 valence electrons. The second kappa shape index (κ2) is 13.8. The molecular formula is C14H27ClO2. The summed E-state index contributed by atoms with van der Waals surface area (Å²) in [5.74, 6) is 0.643. The fourth-order valence-corrected chi connectivity index (χ4v) is 2.02. The first kappa shape index (κ1) is 16.8. The minimum Gasteiger partial charge on any atom is -0.466 e. The molecule has 0 bridgehead atoms. The van der Waals surface area contributed by atoms with Gasteiger partial charge in [-0.15, -0.1) is 11.6 Å². The highest BCUT2D eigenvalue weighted by atomic mass is 35.5. The van der Waals surface area contributed by atoms with Crippen molar-refractivity contribution in [2.75, 3.05) is 12.5 Å². The monoisotopic (exact) mass is 262 g/mol. The van der Waals surface area contributed by atoms with E-state index in [-0.39, 0.29) is 5.97 Å². The van der Waals surface area contributed by atoms with Gasteiger partial charge in [-0.1, -0.05) is 51.4 Å². The molecule has 0 rings (SSSR count). The van der Waals surface area contributed by atoms with Crippen molar-refractivity contribution >= 4 is 17.6 Å². The van der Waals surface area contributed by atoms with E-state index in [2.05, 4.69) is 0 Å². The molecule has 0 aromatic heterocycles. The van der Waals surface area contributed by atoms with Gasteiger partial charge < -0.3 is 4.74 Å². The Hall–Kier alpha value is -0.240. The minimum absolute atomic E-state index is 0.165. The molecule has 0 aromatic carbocycles. The molecule has 0 spiro atoms. The highest BCUT2D eigenvalue weighted by molar-refractivity contribution is 6.17. The lowest BCUT2D eigenvalue weighted by atomic mass is 10.1. The Kier molecular flexibility index (Phi) is 13.6. The van der Waals surface area contributed by atoms with Gasteiger partial charge in [0.1, 0.15) is 0 Å². The number of carbonyl (C=O) groups is 1. The van der Waals surface area contributed by atoms with Crippen LogP contribution in [0.25, 0.3) is 0 Å². The van der Waals surface area contributed by atoms with E-state index in [0.717, 1.165) is 18.7 Å². The molecule has 0 fully saturated rings. The van der Waals surface area contributed by atoms with Gasteiger partial charge in [-0.25, -0.2) is 0 Å². The summed E-state index contributed by atoms with van der Waals surface area (Å²) in [5, 5.41) is 0. The lowest BCUT2D eigenvalue weighted by molar-refractivity contribution is -0.141. The second-order valence-corrected chi connectivity index (χ2v) is 4.94. The highest BCUT2D eigenvalue weighted by Crippen LogP contribution is 2.10. The van der Waals surface area contributed by atoms with Crippen molar-refractivity contribution in [2.24, 2.45) is 0 Å². The van der Waals surface area contributed by atoms with Crippen LogP contribution in [0.2, 0.25) is 0 Å². The van der Waals surface area contributed by atoms with Crippen molar-refractivity contribution < 1.29 is 9.53 Å². The predicted molar refractivity (Wildman–Crippen MR) is 73.5 cm³/mol. The molecule has 0 heterocycles. The lowest BCUT2D eigenvalue weighted by Gasteiger charge is -2.03. The number of alkyl halides is 1. The van der Waals surface area contributed by atoms with Crippen molar-refractivity contribution in [1.82, 2.24) is 0 Å². The van der Waals surface area contributed by atoms with Gasteiger partial charge in [-0.3, -0.25) is 4.79 Å². The SMILES string of the molecule is CC(=O)OCCCCCCCCCCCCCl. The second-order valence-electron chi connectivity index (χ2n) is 4.56. The van der Waals surface area contributed by atoms with Gasteiger partial charge in [0.15, 0.2) is 0 Å². The fraction of sp³-hybridized carbons (Fsp3) is 0.929. The third kappa shape index (κ3) is 15.8. The van der Waals surface area contributed by atoms with Crippen LogP contribution >= 0.6 is 11.6 Å². The summed E-state index contributed by atoms with van der Waals surface area (Å²) in [5.41, 5.74) is 0. The van der Waals surface area contributed by atoms with E-state index in [0.29, 0.717) is 6.61 Å². The van der Waals surface area contributed by atoms with Crippen LogP contribution in [0.1, 0.15) is 71.1 Å². The van der Waals surface area contributed by atoms with Gasteiger partial charge in [0, 0.05) is 12.8 Å². The quantitative estimate of drug-likeness (QED) is 0.290. The van der Waals surface area contributed by atoms with E-state index in [1.165, 1.54) is 58.3 Å². The topological polar surface area (TPSA) is 26.3 Å². The Labute approximate surface area is 111 Å². The summed E-state index contributed by atoms with van der Waals surface area (Å²) < 4.78 is 4.87. The molecule has 0 saturated heterocycles. The van der Waals surface area contributed by atoms with Gasteiger partial charge in [-0.2, -0.15) is 0 Å². The number of halogens is 1. The summed E-state index contributed by atoms with van der Waals surface area (Å²) in [6, 6.07) is 0. The molecule has 0 aliphatic rings. The van der Waals surface area contributed by atoms with E-state index in [4.69, 9.17) is 16.3 Å². The van der Waals surface area contributed by atoms with Crippen molar-refractivity contribution in [2.45, 2.75) is 71.1 Å². The molecule has 17 heavy (non-hydrogen) atoms. The third-order valence-corrected chi connectivity index (χ3v) is 3.10. The van der Waals surface area contributed by atoms with Gasteiger partial charge in [-0.05, 0) is 12.8 Å². The molecule has 0 radical (unpaired) electrons. The Bertz CT molecular complexity index is 172. The number of ether oxygens (including phenoxy) is 1. The standard InChI is InChI=1S/C14H27ClO2/c1-14(16)17-13-11-9-7-5-3-2-4-6-8-10-12-15/h2-13H2,1H3. The number of esters is 1. The predicted octanol–water partition coefficient (Wildman–Crippen LogP) is 4.69. The molecule has 3 heteroatoms. The van der Waals surface area contributed by atoms with Gasteiger partial charge in [0.05, 0.1) is 6.61 Å². The molecule has 2 nitrogen and oxygen atoms in total. The van der Waals surface area contributed by atoms with Crippen molar-refractivity contribution in [1.29, 1.82) is 0 Å². The average Bonchev–Trinajstić information content (AvgIpc) is 2.30. The van der Waals surface area contributed by atoms with Crippen molar-refractivity contribution in [3.63, 3.8) is 0 Å². The van der Waals surface area contributed by atoms with Crippen LogP contribution in [0.5, 0.6) is 0 Å². The molecule has 0 aromatic rings. The summed E-state index contributed by atoms with van der Waals surface area (Å²) >= 11 is 5.61. The molecular weight excluding hydrogens is 236 g/mol. The maximum atomic E-state index is 10.5. The summed E-state index contributed by atoms with van der Waals surface area (Å²) in [6.07, 6.45) is 12.6. The first-order valence-corrected chi connectivity index (χ1v) is 7.50. The molecule has 0 unspecified atom stereocenters. The molecule has 0 aliphatic carbocycles. The molecule has 0 aliphatic heterocycles. The van der Waals surface area contributed by atoms with E-state index in [9.17, 15) is 4.79 Å².